The van der Waals surface area contributed by atoms with Crippen LogP contribution in [-0.4, -0.2) is 27.8 Å². The van der Waals surface area contributed by atoms with Gasteiger partial charge in [0.25, 0.3) is 0 Å². The highest BCUT2D eigenvalue weighted by Crippen LogP contribution is 2.38. The van der Waals surface area contributed by atoms with Crippen LogP contribution in [0.4, 0.5) is 5.69 Å². The Kier molecular flexibility index (Phi) is 5.07. The molecule has 0 spiro atoms. The number of aromatic nitrogens is 1. The number of pyridine rings is 1. The van der Waals surface area contributed by atoms with Crippen molar-refractivity contribution in [3.8, 4) is 0 Å². The van der Waals surface area contributed by atoms with Gasteiger partial charge in [0, 0.05) is 24.9 Å². The predicted molar refractivity (Wildman–Crippen MR) is 108 cm³/mol. The standard InChI is InChI=1S/C22H20ClN3O/c23-13-20(27)26-15-17-9-4-5-11-19(17)21(16-7-2-1-3-8-16)22(26)25-18-10-6-12-24-14-18/h1-12,14,21-22,25H,13,15H2. The average Bonchev–Trinajstić information content (AvgIpc) is 2.74. The topological polar surface area (TPSA) is 45.2 Å². The number of fused-ring (bicyclic) bond motifs is 1. The van der Waals surface area contributed by atoms with E-state index >= 15 is 0 Å². The van der Waals surface area contributed by atoms with Gasteiger partial charge in [-0.05, 0) is 28.8 Å². The van der Waals surface area contributed by atoms with E-state index in [1.807, 2.05) is 41.3 Å². The van der Waals surface area contributed by atoms with Crippen molar-refractivity contribution >= 4 is 23.2 Å². The quantitative estimate of drug-likeness (QED) is 0.692. The van der Waals surface area contributed by atoms with Gasteiger partial charge in [0.05, 0.1) is 5.69 Å². The monoisotopic (exact) mass is 377 g/mol. The molecule has 136 valence electrons. The number of carbonyl (C=O) groups is 1. The van der Waals surface area contributed by atoms with E-state index in [1.165, 1.54) is 5.56 Å². The van der Waals surface area contributed by atoms with Gasteiger partial charge in [0.1, 0.15) is 12.0 Å². The van der Waals surface area contributed by atoms with Gasteiger partial charge in [-0.3, -0.25) is 9.78 Å². The van der Waals surface area contributed by atoms with Gasteiger partial charge in [-0.1, -0.05) is 54.6 Å². The summed E-state index contributed by atoms with van der Waals surface area (Å²) in [6.45, 7) is 0.531. The van der Waals surface area contributed by atoms with Crippen molar-refractivity contribution in [3.63, 3.8) is 0 Å². The molecule has 0 bridgehead atoms. The van der Waals surface area contributed by atoms with Crippen LogP contribution < -0.4 is 5.32 Å². The summed E-state index contributed by atoms with van der Waals surface area (Å²) in [4.78, 5) is 18.7. The average molecular weight is 378 g/mol. The van der Waals surface area contributed by atoms with E-state index in [9.17, 15) is 4.79 Å². The fourth-order valence-electron chi connectivity index (χ4n) is 3.74. The second-order valence-corrected chi connectivity index (χ2v) is 6.84. The second kappa shape index (κ2) is 7.80. The molecule has 1 amide bonds. The van der Waals surface area contributed by atoms with Crippen LogP contribution in [0.1, 0.15) is 22.6 Å². The molecule has 1 aliphatic rings. The molecule has 2 unspecified atom stereocenters. The van der Waals surface area contributed by atoms with E-state index < -0.39 is 0 Å². The Hall–Kier alpha value is -2.85. The van der Waals surface area contributed by atoms with Gasteiger partial charge in [-0.15, -0.1) is 11.6 Å². The Labute approximate surface area is 163 Å². The van der Waals surface area contributed by atoms with Crippen molar-refractivity contribution in [1.82, 2.24) is 9.88 Å². The van der Waals surface area contributed by atoms with Gasteiger partial charge in [-0.2, -0.15) is 0 Å². The molecule has 5 heteroatoms. The molecule has 0 aliphatic carbocycles. The van der Waals surface area contributed by atoms with Crippen molar-refractivity contribution < 1.29 is 4.79 Å². The van der Waals surface area contributed by atoms with Crippen LogP contribution in [0.15, 0.2) is 79.1 Å². The molecule has 3 aromatic rings. The van der Waals surface area contributed by atoms with E-state index in [1.54, 1.807) is 12.4 Å². The van der Waals surface area contributed by atoms with Crippen LogP contribution >= 0.6 is 11.6 Å². The number of rotatable bonds is 4. The van der Waals surface area contributed by atoms with Crippen molar-refractivity contribution in [2.24, 2.45) is 0 Å². The summed E-state index contributed by atoms with van der Waals surface area (Å²) >= 11 is 5.94. The first-order chi connectivity index (χ1) is 13.3. The van der Waals surface area contributed by atoms with Crippen LogP contribution in [0.3, 0.4) is 0 Å². The van der Waals surface area contributed by atoms with Gasteiger partial charge in [-0.25, -0.2) is 0 Å². The molecule has 4 rings (SSSR count). The normalized spacial score (nSPS) is 18.6. The highest BCUT2D eigenvalue weighted by atomic mass is 35.5. The first-order valence-corrected chi connectivity index (χ1v) is 9.46. The summed E-state index contributed by atoms with van der Waals surface area (Å²) in [6.07, 6.45) is 3.25. The lowest BCUT2D eigenvalue weighted by Gasteiger charge is -2.43. The predicted octanol–water partition coefficient (Wildman–Crippen LogP) is 4.23. The van der Waals surface area contributed by atoms with Crippen LogP contribution in [0, 0.1) is 0 Å². The smallest absolute Gasteiger partial charge is 0.239 e. The van der Waals surface area contributed by atoms with Gasteiger partial charge in [0.15, 0.2) is 0 Å². The third-order valence-electron chi connectivity index (χ3n) is 4.95. The number of carbonyl (C=O) groups excluding carboxylic acids is 1. The van der Waals surface area contributed by atoms with E-state index in [-0.39, 0.29) is 23.9 Å². The Morgan fingerprint density at radius 3 is 2.59 bits per heavy atom. The summed E-state index contributed by atoms with van der Waals surface area (Å²) in [5, 5.41) is 3.52. The Balaban J connectivity index is 1.84. The van der Waals surface area contributed by atoms with E-state index in [0.717, 1.165) is 16.8 Å². The van der Waals surface area contributed by atoms with Crippen molar-refractivity contribution in [1.29, 1.82) is 0 Å². The zero-order valence-electron chi connectivity index (χ0n) is 14.8. The molecule has 1 aromatic heterocycles. The molecule has 27 heavy (non-hydrogen) atoms. The van der Waals surface area contributed by atoms with Gasteiger partial charge in [0.2, 0.25) is 5.91 Å². The minimum atomic E-state index is -0.252. The summed E-state index contributed by atoms with van der Waals surface area (Å²) in [5.74, 6) is -0.147. The fraction of sp³-hybridized carbons (Fsp3) is 0.182. The number of anilines is 1. The SMILES string of the molecule is O=C(CCl)N1Cc2ccccc2C(c2ccccc2)C1Nc1cccnc1. The van der Waals surface area contributed by atoms with Crippen LogP contribution in [0.25, 0.3) is 0 Å². The van der Waals surface area contributed by atoms with Crippen molar-refractivity contribution in [3.05, 3.63) is 95.8 Å². The lowest BCUT2D eigenvalue weighted by atomic mass is 9.82. The number of hydrogen-bond acceptors (Lipinski definition) is 3. The largest absolute Gasteiger partial charge is 0.363 e. The fourth-order valence-corrected chi connectivity index (χ4v) is 3.89. The molecular formula is C22H20ClN3O. The minimum absolute atomic E-state index is 0.0106. The van der Waals surface area contributed by atoms with Crippen LogP contribution in [0.2, 0.25) is 0 Å². The molecule has 1 N–H and O–H groups in total. The van der Waals surface area contributed by atoms with E-state index in [2.05, 4.69) is 40.6 Å². The highest BCUT2D eigenvalue weighted by molar-refractivity contribution is 6.27. The number of amides is 1. The number of hydrogen-bond donors (Lipinski definition) is 1. The van der Waals surface area contributed by atoms with Crippen LogP contribution in [0.5, 0.6) is 0 Å². The maximum absolute atomic E-state index is 12.7. The molecular weight excluding hydrogens is 358 g/mol. The van der Waals surface area contributed by atoms with E-state index in [0.29, 0.717) is 6.54 Å². The Morgan fingerprint density at radius 2 is 1.85 bits per heavy atom. The Morgan fingerprint density at radius 1 is 1.07 bits per heavy atom. The summed E-state index contributed by atoms with van der Waals surface area (Å²) in [5.41, 5.74) is 4.39. The minimum Gasteiger partial charge on any atom is -0.363 e. The molecule has 2 aromatic carbocycles. The first kappa shape index (κ1) is 17.6. The van der Waals surface area contributed by atoms with Crippen LogP contribution in [-0.2, 0) is 11.3 Å². The van der Waals surface area contributed by atoms with Crippen molar-refractivity contribution in [2.75, 3.05) is 11.2 Å². The van der Waals surface area contributed by atoms with Crippen molar-refractivity contribution in [2.45, 2.75) is 18.6 Å². The molecule has 0 fully saturated rings. The molecule has 2 atom stereocenters. The number of benzene rings is 2. The van der Waals surface area contributed by atoms with Gasteiger partial charge < -0.3 is 10.2 Å². The highest BCUT2D eigenvalue weighted by Gasteiger charge is 2.38. The lowest BCUT2D eigenvalue weighted by molar-refractivity contribution is -0.131. The lowest BCUT2D eigenvalue weighted by Crippen LogP contribution is -2.51. The maximum Gasteiger partial charge on any atom is 0.239 e. The number of nitrogens with zero attached hydrogens (tertiary/aromatic N) is 2. The summed E-state index contributed by atoms with van der Waals surface area (Å²) in [6, 6.07) is 22.4. The molecule has 2 heterocycles. The summed E-state index contributed by atoms with van der Waals surface area (Å²) < 4.78 is 0. The number of nitrogens with one attached hydrogen (secondary N) is 1. The second-order valence-electron chi connectivity index (χ2n) is 6.57. The third kappa shape index (κ3) is 3.53. The maximum atomic E-state index is 12.7. The third-order valence-corrected chi connectivity index (χ3v) is 5.18. The number of alkyl halides is 1. The Bertz CT molecular complexity index is 917. The zero-order valence-corrected chi connectivity index (χ0v) is 15.5. The van der Waals surface area contributed by atoms with Gasteiger partial charge >= 0.3 is 0 Å². The summed E-state index contributed by atoms with van der Waals surface area (Å²) in [7, 11) is 0. The molecule has 0 saturated heterocycles. The molecule has 0 radical (unpaired) electrons. The molecule has 4 nitrogen and oxygen atoms in total. The first-order valence-electron chi connectivity index (χ1n) is 8.92. The zero-order chi connectivity index (χ0) is 18.6. The van der Waals surface area contributed by atoms with E-state index in [4.69, 9.17) is 11.6 Å². The molecule has 1 aliphatic heterocycles. The number of halogens is 1. The molecule has 0 saturated carbocycles.